The number of carbonyl (C=O) groups excluding carboxylic acids is 2. The van der Waals surface area contributed by atoms with Crippen LogP contribution in [-0.2, 0) is 26.0 Å². The predicted octanol–water partition coefficient (Wildman–Crippen LogP) is 2.85. The van der Waals surface area contributed by atoms with Crippen molar-refractivity contribution in [1.82, 2.24) is 5.32 Å². The number of amides is 2. The van der Waals surface area contributed by atoms with Crippen LogP contribution < -0.4 is 15.4 Å². The second-order valence-corrected chi connectivity index (χ2v) is 9.62. The Balaban J connectivity index is 1.71. The number of ether oxygens (including phenoxy) is 1. The molecule has 2 N–H and O–H groups in total. The van der Waals surface area contributed by atoms with Crippen LogP contribution in [0.5, 0.6) is 5.75 Å². The van der Waals surface area contributed by atoms with E-state index in [9.17, 15) is 18.0 Å². The minimum Gasteiger partial charge on any atom is -0.482 e. The van der Waals surface area contributed by atoms with Gasteiger partial charge >= 0.3 is 0 Å². The number of hydrogen-bond donors (Lipinski definition) is 2. The third kappa shape index (κ3) is 4.71. The van der Waals surface area contributed by atoms with Gasteiger partial charge in [0.05, 0.1) is 15.8 Å². The van der Waals surface area contributed by atoms with Gasteiger partial charge in [-0.1, -0.05) is 29.8 Å². The van der Waals surface area contributed by atoms with Crippen LogP contribution in [0.25, 0.3) is 0 Å². The topological polar surface area (TPSA) is 102 Å². The highest BCUT2D eigenvalue weighted by molar-refractivity contribution is 7.92. The maximum Gasteiger partial charge on any atom is 0.262 e. The molecule has 1 aliphatic rings. The number of anilines is 1. The summed E-state index contributed by atoms with van der Waals surface area (Å²) in [5, 5.41) is 4.94. The number of rotatable bonds is 6. The number of carbonyl (C=O) groups is 2. The van der Waals surface area contributed by atoms with Gasteiger partial charge in [-0.15, -0.1) is 0 Å². The van der Waals surface area contributed by atoms with Crippen molar-refractivity contribution < 1.29 is 22.7 Å². The first-order valence-electron chi connectivity index (χ1n) is 9.00. The molecule has 0 spiro atoms. The molecular weight excluding hydrogens is 416 g/mol. The second kappa shape index (κ2) is 8.42. The number of benzene rings is 2. The summed E-state index contributed by atoms with van der Waals surface area (Å²) in [6.45, 7) is 3.18. The lowest BCUT2D eigenvalue weighted by Gasteiger charge is -2.21. The van der Waals surface area contributed by atoms with E-state index in [0.717, 1.165) is 5.56 Å². The first-order chi connectivity index (χ1) is 13.7. The average Bonchev–Trinajstić information content (AvgIpc) is 2.66. The SMILES string of the molecule is Cc1cc2c(cc1S(=O)(=O)[C@H](C)CC(=O)NCc1ccccc1Cl)OCC(=O)N2. The predicted molar refractivity (Wildman–Crippen MR) is 110 cm³/mol. The van der Waals surface area contributed by atoms with E-state index in [1.54, 1.807) is 31.2 Å². The highest BCUT2D eigenvalue weighted by Crippen LogP contribution is 2.34. The third-order valence-corrected chi connectivity index (χ3v) is 7.30. The van der Waals surface area contributed by atoms with Crippen molar-refractivity contribution in [3.63, 3.8) is 0 Å². The van der Waals surface area contributed by atoms with Gasteiger partial charge in [0.15, 0.2) is 16.4 Å². The Labute approximate surface area is 174 Å². The largest absolute Gasteiger partial charge is 0.482 e. The third-order valence-electron chi connectivity index (χ3n) is 4.65. The zero-order chi connectivity index (χ0) is 21.2. The highest BCUT2D eigenvalue weighted by atomic mass is 35.5. The molecule has 0 radical (unpaired) electrons. The number of fused-ring (bicyclic) bond motifs is 1. The van der Waals surface area contributed by atoms with Crippen LogP contribution in [0, 0.1) is 6.92 Å². The van der Waals surface area contributed by atoms with Gasteiger partial charge in [-0.2, -0.15) is 0 Å². The lowest BCUT2D eigenvalue weighted by Crippen LogP contribution is -2.30. The fourth-order valence-corrected chi connectivity index (χ4v) is 4.80. The molecule has 154 valence electrons. The molecule has 3 rings (SSSR count). The first kappa shape index (κ1) is 21.1. The van der Waals surface area contributed by atoms with Crippen molar-refractivity contribution in [2.75, 3.05) is 11.9 Å². The molecule has 0 saturated carbocycles. The molecule has 0 saturated heterocycles. The number of aryl methyl sites for hydroxylation is 1. The van der Waals surface area contributed by atoms with Gasteiger partial charge in [-0.3, -0.25) is 9.59 Å². The summed E-state index contributed by atoms with van der Waals surface area (Å²) in [7, 11) is -3.78. The summed E-state index contributed by atoms with van der Waals surface area (Å²) in [4.78, 5) is 23.8. The number of halogens is 1. The van der Waals surface area contributed by atoms with Crippen molar-refractivity contribution in [3.05, 3.63) is 52.5 Å². The molecule has 9 heteroatoms. The molecule has 7 nitrogen and oxygen atoms in total. The van der Waals surface area contributed by atoms with Crippen molar-refractivity contribution in [2.24, 2.45) is 0 Å². The molecule has 0 fully saturated rings. The van der Waals surface area contributed by atoms with E-state index in [2.05, 4.69) is 10.6 Å². The van der Waals surface area contributed by atoms with Gasteiger partial charge in [-0.25, -0.2) is 8.42 Å². The molecule has 0 bridgehead atoms. The Morgan fingerprint density at radius 3 is 2.76 bits per heavy atom. The minimum absolute atomic E-state index is 0.0822. The van der Waals surface area contributed by atoms with Crippen LogP contribution in [0.15, 0.2) is 41.3 Å². The van der Waals surface area contributed by atoms with Gasteiger partial charge in [0, 0.05) is 24.1 Å². The van der Waals surface area contributed by atoms with Crippen LogP contribution in [0.4, 0.5) is 5.69 Å². The Kier molecular flexibility index (Phi) is 6.14. The molecule has 2 amide bonds. The summed E-state index contributed by atoms with van der Waals surface area (Å²) in [6.07, 6.45) is -0.194. The molecule has 2 aromatic carbocycles. The van der Waals surface area contributed by atoms with Gasteiger partial charge in [0.25, 0.3) is 5.91 Å². The monoisotopic (exact) mass is 436 g/mol. The van der Waals surface area contributed by atoms with Crippen LogP contribution in [0.1, 0.15) is 24.5 Å². The van der Waals surface area contributed by atoms with Gasteiger partial charge in [-0.05, 0) is 37.1 Å². The first-order valence-corrected chi connectivity index (χ1v) is 10.9. The fourth-order valence-electron chi connectivity index (χ4n) is 3.02. The highest BCUT2D eigenvalue weighted by Gasteiger charge is 2.29. The van der Waals surface area contributed by atoms with Crippen molar-refractivity contribution in [1.29, 1.82) is 0 Å². The molecule has 0 unspecified atom stereocenters. The summed E-state index contributed by atoms with van der Waals surface area (Å²) in [5.41, 5.74) is 1.66. The standard InChI is InChI=1S/C20H21ClN2O5S/c1-12-7-16-17(28-11-20(25)23-16)9-18(12)29(26,27)13(2)8-19(24)22-10-14-5-3-4-6-15(14)21/h3-7,9,13H,8,10-11H2,1-2H3,(H,22,24)(H,23,25)/t13-/m1/s1. The molecule has 1 atom stereocenters. The molecule has 2 aromatic rings. The zero-order valence-corrected chi connectivity index (χ0v) is 17.6. The number of hydrogen-bond acceptors (Lipinski definition) is 5. The fraction of sp³-hybridized carbons (Fsp3) is 0.300. The lowest BCUT2D eigenvalue weighted by molar-refractivity contribution is -0.121. The number of sulfone groups is 1. The van der Waals surface area contributed by atoms with Crippen LogP contribution in [-0.4, -0.2) is 32.1 Å². The van der Waals surface area contributed by atoms with E-state index >= 15 is 0 Å². The van der Waals surface area contributed by atoms with E-state index in [0.29, 0.717) is 22.0 Å². The van der Waals surface area contributed by atoms with Crippen molar-refractivity contribution >= 4 is 38.9 Å². The van der Waals surface area contributed by atoms with Crippen LogP contribution >= 0.6 is 11.6 Å². The smallest absolute Gasteiger partial charge is 0.262 e. The molecular formula is C20H21ClN2O5S. The van der Waals surface area contributed by atoms with Crippen LogP contribution in [0.2, 0.25) is 5.02 Å². The van der Waals surface area contributed by atoms with E-state index < -0.39 is 15.1 Å². The normalized spacial score (nSPS) is 14.4. The van der Waals surface area contributed by atoms with E-state index in [-0.39, 0.29) is 36.3 Å². The minimum atomic E-state index is -3.78. The van der Waals surface area contributed by atoms with Gasteiger partial charge < -0.3 is 15.4 Å². The Morgan fingerprint density at radius 1 is 1.31 bits per heavy atom. The molecule has 1 aliphatic heterocycles. The average molecular weight is 437 g/mol. The van der Waals surface area contributed by atoms with Crippen molar-refractivity contribution in [3.8, 4) is 5.75 Å². The van der Waals surface area contributed by atoms with Crippen LogP contribution in [0.3, 0.4) is 0 Å². The van der Waals surface area contributed by atoms with Gasteiger partial charge in [0.2, 0.25) is 5.91 Å². The summed E-state index contributed by atoms with van der Waals surface area (Å²) < 4.78 is 31.4. The van der Waals surface area contributed by atoms with E-state index in [1.807, 2.05) is 6.07 Å². The summed E-state index contributed by atoms with van der Waals surface area (Å²) in [5.74, 6) is -0.389. The lowest BCUT2D eigenvalue weighted by atomic mass is 10.2. The number of nitrogens with one attached hydrogen (secondary N) is 2. The van der Waals surface area contributed by atoms with E-state index in [1.165, 1.54) is 13.0 Å². The second-order valence-electron chi connectivity index (χ2n) is 6.88. The Bertz CT molecular complexity index is 1070. The molecule has 0 aromatic heterocycles. The molecule has 29 heavy (non-hydrogen) atoms. The van der Waals surface area contributed by atoms with Gasteiger partial charge in [0.1, 0.15) is 5.75 Å². The Morgan fingerprint density at radius 2 is 2.03 bits per heavy atom. The van der Waals surface area contributed by atoms with Crippen molar-refractivity contribution in [2.45, 2.75) is 37.0 Å². The zero-order valence-electron chi connectivity index (χ0n) is 16.0. The molecule has 1 heterocycles. The maximum absolute atomic E-state index is 13.0. The quantitative estimate of drug-likeness (QED) is 0.725. The Hall–Kier alpha value is -2.58. The maximum atomic E-state index is 13.0. The molecule has 0 aliphatic carbocycles. The summed E-state index contributed by atoms with van der Waals surface area (Å²) in [6, 6.07) is 10.1. The summed E-state index contributed by atoms with van der Waals surface area (Å²) >= 11 is 6.07. The van der Waals surface area contributed by atoms with E-state index in [4.69, 9.17) is 16.3 Å².